The maximum absolute atomic E-state index is 6.48. The van der Waals surface area contributed by atoms with Crippen LogP contribution in [-0.4, -0.2) is 9.97 Å². The molecule has 51 heavy (non-hydrogen) atoms. The number of hydrogen-bond acceptors (Lipinski definition) is 4. The average Bonchev–Trinajstić information content (AvgIpc) is 3.75. The monoisotopic (exact) mass is 674 g/mol. The van der Waals surface area contributed by atoms with Crippen LogP contribution in [-0.2, 0) is 0 Å². The Labute approximate surface area is 300 Å². The fourth-order valence-corrected chi connectivity index (χ4v) is 8.12. The fourth-order valence-electron chi connectivity index (χ4n) is 7.00. The highest BCUT2D eigenvalue weighted by atomic mass is 32.1. The Bertz CT molecular complexity index is 2840. The third kappa shape index (κ3) is 5.64. The van der Waals surface area contributed by atoms with Gasteiger partial charge in [0.25, 0.3) is 0 Å². The van der Waals surface area contributed by atoms with Crippen LogP contribution in [0.25, 0.3) is 87.2 Å². The zero-order valence-corrected chi connectivity index (χ0v) is 29.5. The number of furan rings is 1. The smallest absolute Gasteiger partial charge is 0.161 e. The number of benzene rings is 6. The first-order chi connectivity index (χ1) is 25.0. The summed E-state index contributed by atoms with van der Waals surface area (Å²) < 4.78 is 8.93. The molecule has 3 heterocycles. The van der Waals surface area contributed by atoms with E-state index in [1.165, 1.54) is 48.0 Å². The highest BCUT2D eigenvalue weighted by Gasteiger charge is 2.19. The lowest BCUT2D eigenvalue weighted by molar-refractivity contribution is 0.670. The molecule has 0 saturated heterocycles. The molecule has 0 bridgehead atoms. The third-order valence-corrected chi connectivity index (χ3v) is 10.9. The molecule has 0 aliphatic rings. The van der Waals surface area contributed by atoms with E-state index < -0.39 is 0 Å². The Morgan fingerprint density at radius 2 is 1.27 bits per heavy atom. The van der Waals surface area contributed by atoms with E-state index in [2.05, 4.69) is 154 Å². The summed E-state index contributed by atoms with van der Waals surface area (Å²) >= 11 is 1.81. The molecule has 0 unspecified atom stereocenters. The number of rotatable bonds is 6. The molecule has 0 N–H and O–H groups in total. The summed E-state index contributed by atoms with van der Waals surface area (Å²) in [5.74, 6) is 0.694. The zero-order valence-electron chi connectivity index (χ0n) is 28.6. The van der Waals surface area contributed by atoms with Crippen molar-refractivity contribution >= 4 is 64.6 Å². The standard InChI is InChI=1S/C47H34N2OS/c1-29-12-9-15-33(26-29)30(2)22-23-31(3)34-24-25-43-39(27-34)45-38(19-11-21-44(45)51-43)47-48-40(32-13-5-4-6-14-32)28-41(49-47)37-18-10-17-36-35-16-7-8-20-42(35)50-46(36)37/h4-28H,1-3H3/b30-22+,31-23+. The Balaban J connectivity index is 1.21. The van der Waals surface area contributed by atoms with Gasteiger partial charge in [0.05, 0.1) is 11.4 Å². The van der Waals surface area contributed by atoms with E-state index in [9.17, 15) is 0 Å². The van der Waals surface area contributed by atoms with E-state index >= 15 is 0 Å². The van der Waals surface area contributed by atoms with Gasteiger partial charge in [-0.05, 0) is 79.4 Å². The topological polar surface area (TPSA) is 38.9 Å². The number of allylic oxidation sites excluding steroid dienone is 4. The lowest BCUT2D eigenvalue weighted by Crippen LogP contribution is -1.96. The van der Waals surface area contributed by atoms with Crippen molar-refractivity contribution in [2.45, 2.75) is 20.8 Å². The lowest BCUT2D eigenvalue weighted by Gasteiger charge is -2.11. The summed E-state index contributed by atoms with van der Waals surface area (Å²) in [4.78, 5) is 10.6. The van der Waals surface area contributed by atoms with Crippen LogP contribution in [0.2, 0.25) is 0 Å². The number of hydrogen-bond donors (Lipinski definition) is 0. The minimum Gasteiger partial charge on any atom is -0.455 e. The molecule has 9 rings (SSSR count). The molecule has 3 aromatic heterocycles. The summed E-state index contributed by atoms with van der Waals surface area (Å²) in [7, 11) is 0. The molecule has 4 heteroatoms. The molecule has 0 radical (unpaired) electrons. The number of aromatic nitrogens is 2. The van der Waals surface area contributed by atoms with Crippen molar-refractivity contribution in [1.82, 2.24) is 9.97 Å². The summed E-state index contributed by atoms with van der Waals surface area (Å²) in [6.45, 7) is 6.50. The van der Waals surface area contributed by atoms with Crippen molar-refractivity contribution in [3.63, 3.8) is 0 Å². The van der Waals surface area contributed by atoms with Crippen LogP contribution >= 0.6 is 11.3 Å². The molecule has 0 amide bonds. The van der Waals surface area contributed by atoms with Gasteiger partial charge < -0.3 is 4.42 Å². The predicted molar refractivity (Wildman–Crippen MR) is 217 cm³/mol. The second-order valence-corrected chi connectivity index (χ2v) is 14.3. The second-order valence-electron chi connectivity index (χ2n) is 13.2. The normalized spacial score (nSPS) is 12.5. The van der Waals surface area contributed by atoms with Gasteiger partial charge in [-0.15, -0.1) is 11.3 Å². The van der Waals surface area contributed by atoms with Gasteiger partial charge in [-0.1, -0.05) is 121 Å². The molecule has 9 aromatic rings. The number of fused-ring (bicyclic) bond motifs is 6. The zero-order chi connectivity index (χ0) is 34.5. The van der Waals surface area contributed by atoms with Crippen molar-refractivity contribution in [2.75, 3.05) is 0 Å². The van der Waals surface area contributed by atoms with Crippen LogP contribution in [0, 0.1) is 6.92 Å². The van der Waals surface area contributed by atoms with E-state index in [0.29, 0.717) is 5.82 Å². The van der Waals surface area contributed by atoms with Gasteiger partial charge in [-0.2, -0.15) is 0 Å². The maximum Gasteiger partial charge on any atom is 0.161 e. The molecular formula is C47H34N2OS. The van der Waals surface area contributed by atoms with Crippen molar-refractivity contribution in [2.24, 2.45) is 0 Å². The highest BCUT2D eigenvalue weighted by Crippen LogP contribution is 2.42. The molecule has 0 fully saturated rings. The first-order valence-electron chi connectivity index (χ1n) is 17.2. The quantitative estimate of drug-likeness (QED) is 0.165. The molecule has 0 aliphatic heterocycles. The largest absolute Gasteiger partial charge is 0.455 e. The van der Waals surface area contributed by atoms with Gasteiger partial charge in [0.2, 0.25) is 0 Å². The van der Waals surface area contributed by atoms with E-state index in [4.69, 9.17) is 14.4 Å². The lowest BCUT2D eigenvalue weighted by atomic mass is 9.99. The van der Waals surface area contributed by atoms with Gasteiger partial charge in [-0.3, -0.25) is 0 Å². The molecule has 0 atom stereocenters. The van der Waals surface area contributed by atoms with Crippen molar-refractivity contribution < 1.29 is 4.42 Å². The van der Waals surface area contributed by atoms with E-state index in [1.807, 2.05) is 29.5 Å². The fraction of sp³-hybridized carbons (Fsp3) is 0.0638. The third-order valence-electron chi connectivity index (χ3n) is 9.72. The van der Waals surface area contributed by atoms with Crippen LogP contribution in [0.4, 0.5) is 0 Å². The molecule has 0 spiro atoms. The molecule has 3 nitrogen and oxygen atoms in total. The second kappa shape index (κ2) is 12.7. The molecule has 0 aliphatic carbocycles. The summed E-state index contributed by atoms with van der Waals surface area (Å²) in [5, 5.41) is 4.57. The maximum atomic E-state index is 6.48. The first kappa shape index (κ1) is 30.9. The summed E-state index contributed by atoms with van der Waals surface area (Å²) in [6, 6.07) is 48.9. The Morgan fingerprint density at radius 1 is 0.569 bits per heavy atom. The minimum atomic E-state index is 0.694. The number of para-hydroxylation sites is 2. The summed E-state index contributed by atoms with van der Waals surface area (Å²) in [5.41, 5.74) is 12.6. The van der Waals surface area contributed by atoms with Gasteiger partial charge in [0.15, 0.2) is 5.82 Å². The van der Waals surface area contributed by atoms with Crippen LogP contribution in [0.1, 0.15) is 30.5 Å². The van der Waals surface area contributed by atoms with E-state index in [-0.39, 0.29) is 0 Å². The first-order valence-corrected chi connectivity index (χ1v) is 18.1. The van der Waals surface area contributed by atoms with Crippen LogP contribution in [0.15, 0.2) is 156 Å². The Morgan fingerprint density at radius 3 is 2.12 bits per heavy atom. The van der Waals surface area contributed by atoms with Crippen molar-refractivity contribution in [3.05, 3.63) is 168 Å². The van der Waals surface area contributed by atoms with Gasteiger partial charge in [0.1, 0.15) is 11.2 Å². The number of nitrogens with zero attached hydrogens (tertiary/aromatic N) is 2. The van der Waals surface area contributed by atoms with Gasteiger partial charge in [-0.25, -0.2) is 9.97 Å². The van der Waals surface area contributed by atoms with Gasteiger partial charge in [0, 0.05) is 47.6 Å². The Hall–Kier alpha value is -6.10. The van der Waals surface area contributed by atoms with Crippen LogP contribution in [0.5, 0.6) is 0 Å². The number of aryl methyl sites for hydroxylation is 1. The minimum absolute atomic E-state index is 0.694. The predicted octanol–water partition coefficient (Wildman–Crippen LogP) is 13.6. The van der Waals surface area contributed by atoms with Crippen LogP contribution < -0.4 is 0 Å². The average molecular weight is 675 g/mol. The van der Waals surface area contributed by atoms with Crippen molar-refractivity contribution in [1.29, 1.82) is 0 Å². The molecule has 244 valence electrons. The summed E-state index contributed by atoms with van der Waals surface area (Å²) in [6.07, 6.45) is 4.45. The molecule has 0 saturated carbocycles. The number of thiophene rings is 1. The van der Waals surface area contributed by atoms with Gasteiger partial charge >= 0.3 is 0 Å². The van der Waals surface area contributed by atoms with E-state index in [1.54, 1.807) is 0 Å². The van der Waals surface area contributed by atoms with Crippen LogP contribution in [0.3, 0.4) is 0 Å². The van der Waals surface area contributed by atoms with Crippen molar-refractivity contribution in [3.8, 4) is 33.9 Å². The highest BCUT2D eigenvalue weighted by molar-refractivity contribution is 7.25. The Kier molecular flexibility index (Phi) is 7.67. The SMILES string of the molecule is C/C(=C\C=C(/C)c1ccc2sc3cccc(-c4nc(-c5ccccc5)cc(-c5cccc6c5oc5ccccc56)n4)c3c2c1)c1cccc(C)c1. The molecule has 6 aromatic carbocycles. The van der Waals surface area contributed by atoms with E-state index in [0.717, 1.165) is 50.0 Å². The molecular weight excluding hydrogens is 641 g/mol.